The zero-order valence-electron chi connectivity index (χ0n) is 10.9. The van der Waals surface area contributed by atoms with Gasteiger partial charge in [0.25, 0.3) is 0 Å². The van der Waals surface area contributed by atoms with Crippen LogP contribution in [0.5, 0.6) is 0 Å². The first-order chi connectivity index (χ1) is 9.10. The fourth-order valence-corrected chi connectivity index (χ4v) is 1.53. The summed E-state index contributed by atoms with van der Waals surface area (Å²) in [6, 6.07) is -0.141. The maximum absolute atomic E-state index is 9.30. The van der Waals surface area contributed by atoms with Crippen LogP contribution in [0, 0.1) is 5.92 Å². The highest BCUT2D eigenvalue weighted by Crippen LogP contribution is 2.11. The minimum atomic E-state index is -0.141. The minimum absolute atomic E-state index is 0.0103. The molecule has 2 aromatic heterocycles. The van der Waals surface area contributed by atoms with Gasteiger partial charge >= 0.3 is 0 Å². The molecule has 0 saturated heterocycles. The van der Waals surface area contributed by atoms with Crippen molar-refractivity contribution in [2.45, 2.75) is 19.9 Å². The molecule has 2 heterocycles. The van der Waals surface area contributed by atoms with Crippen LogP contribution in [-0.2, 0) is 0 Å². The molecule has 8 heteroatoms. The van der Waals surface area contributed by atoms with E-state index in [2.05, 4.69) is 25.3 Å². The van der Waals surface area contributed by atoms with E-state index in [1.54, 1.807) is 23.3 Å². The predicted molar refractivity (Wildman–Crippen MR) is 70.7 cm³/mol. The maximum atomic E-state index is 9.30. The number of aromatic nitrogens is 5. The van der Waals surface area contributed by atoms with Crippen molar-refractivity contribution in [3.63, 3.8) is 0 Å². The molecule has 0 saturated carbocycles. The Morgan fingerprint density at radius 1 is 1.37 bits per heavy atom. The van der Waals surface area contributed by atoms with E-state index in [-0.39, 0.29) is 24.5 Å². The number of rotatable bonds is 5. The number of nitrogens with zero attached hydrogens (tertiary/aromatic N) is 5. The molecule has 8 nitrogen and oxygen atoms in total. The van der Waals surface area contributed by atoms with Crippen molar-refractivity contribution in [2.75, 3.05) is 17.7 Å². The molecule has 0 spiro atoms. The Balaban J connectivity index is 2.27. The Bertz CT molecular complexity index is 526. The second kappa shape index (κ2) is 5.61. The summed E-state index contributed by atoms with van der Waals surface area (Å²) in [5, 5.41) is 12.3. The number of aliphatic hydroxyl groups is 1. The molecule has 0 radical (unpaired) electrons. The second-order valence-electron chi connectivity index (χ2n) is 4.46. The van der Waals surface area contributed by atoms with Gasteiger partial charge in [0.1, 0.15) is 6.33 Å². The minimum Gasteiger partial charge on any atom is -0.394 e. The van der Waals surface area contributed by atoms with Crippen LogP contribution in [0.2, 0.25) is 0 Å². The summed E-state index contributed by atoms with van der Waals surface area (Å²) in [5.41, 5.74) is 5.66. The van der Waals surface area contributed by atoms with Gasteiger partial charge in [-0.25, -0.2) is 4.98 Å². The molecule has 1 unspecified atom stereocenters. The van der Waals surface area contributed by atoms with Gasteiger partial charge in [-0.15, -0.1) is 0 Å². The van der Waals surface area contributed by atoms with Crippen molar-refractivity contribution in [3.05, 3.63) is 18.7 Å². The summed E-state index contributed by atoms with van der Waals surface area (Å²) < 4.78 is 1.63. The van der Waals surface area contributed by atoms with Gasteiger partial charge in [0.15, 0.2) is 0 Å². The van der Waals surface area contributed by atoms with E-state index in [9.17, 15) is 5.11 Å². The zero-order chi connectivity index (χ0) is 13.8. The van der Waals surface area contributed by atoms with Crippen molar-refractivity contribution < 1.29 is 5.11 Å². The van der Waals surface area contributed by atoms with E-state index in [1.807, 2.05) is 13.8 Å². The maximum Gasteiger partial charge on any atom is 0.241 e. The molecule has 2 aromatic rings. The number of aliphatic hydroxyl groups excluding tert-OH is 1. The SMILES string of the molecule is CC(C)C(CO)Nc1nc(N)nc(-n2ccnc2)n1. The first-order valence-corrected chi connectivity index (χ1v) is 5.97. The topological polar surface area (TPSA) is 115 Å². The highest BCUT2D eigenvalue weighted by Gasteiger charge is 2.14. The molecule has 0 aliphatic carbocycles. The normalized spacial score (nSPS) is 12.6. The first-order valence-electron chi connectivity index (χ1n) is 5.97. The fraction of sp³-hybridized carbons (Fsp3) is 0.455. The molecular formula is C11H17N7O. The van der Waals surface area contributed by atoms with Crippen LogP contribution in [0.15, 0.2) is 18.7 Å². The molecule has 0 aliphatic heterocycles. The number of hydrogen-bond donors (Lipinski definition) is 3. The Morgan fingerprint density at radius 2 is 2.16 bits per heavy atom. The van der Waals surface area contributed by atoms with Crippen LogP contribution >= 0.6 is 0 Å². The Hall–Kier alpha value is -2.22. The van der Waals surface area contributed by atoms with Gasteiger partial charge in [0.2, 0.25) is 17.8 Å². The van der Waals surface area contributed by atoms with Gasteiger partial charge < -0.3 is 16.2 Å². The Morgan fingerprint density at radius 3 is 2.74 bits per heavy atom. The fourth-order valence-electron chi connectivity index (χ4n) is 1.53. The van der Waals surface area contributed by atoms with Gasteiger partial charge in [-0.3, -0.25) is 4.57 Å². The number of imidazole rings is 1. The Kier molecular flexibility index (Phi) is 3.91. The summed E-state index contributed by atoms with van der Waals surface area (Å²) >= 11 is 0. The van der Waals surface area contributed by atoms with Crippen LogP contribution in [0.3, 0.4) is 0 Å². The van der Waals surface area contributed by atoms with Crippen LogP contribution in [0.25, 0.3) is 5.95 Å². The standard InChI is InChI=1S/C11H17N7O/c1-7(2)8(5-19)14-10-15-9(12)16-11(17-10)18-4-3-13-6-18/h3-4,6-8,19H,5H2,1-2H3,(H3,12,14,15,16,17). The number of hydrogen-bond acceptors (Lipinski definition) is 7. The second-order valence-corrected chi connectivity index (χ2v) is 4.46. The lowest BCUT2D eigenvalue weighted by Gasteiger charge is -2.19. The lowest BCUT2D eigenvalue weighted by Crippen LogP contribution is -2.30. The molecule has 0 bridgehead atoms. The summed E-state index contributed by atoms with van der Waals surface area (Å²) in [6.45, 7) is 3.98. The number of nitrogens with two attached hydrogens (primary N) is 1. The summed E-state index contributed by atoms with van der Waals surface area (Å²) in [6.07, 6.45) is 4.91. The van der Waals surface area contributed by atoms with Gasteiger partial charge in [0.05, 0.1) is 12.6 Å². The Labute approximate surface area is 110 Å². The van der Waals surface area contributed by atoms with Gasteiger partial charge in [-0.2, -0.15) is 15.0 Å². The number of anilines is 2. The summed E-state index contributed by atoms with van der Waals surface area (Å²) in [5.74, 6) is 1.07. The van der Waals surface area contributed by atoms with Crippen LogP contribution < -0.4 is 11.1 Å². The van der Waals surface area contributed by atoms with Crippen molar-refractivity contribution >= 4 is 11.9 Å². The van der Waals surface area contributed by atoms with Crippen molar-refractivity contribution in [1.29, 1.82) is 0 Å². The van der Waals surface area contributed by atoms with Gasteiger partial charge in [0, 0.05) is 12.4 Å². The summed E-state index contributed by atoms with van der Waals surface area (Å²) in [4.78, 5) is 16.2. The third-order valence-corrected chi connectivity index (χ3v) is 2.69. The van der Waals surface area contributed by atoms with E-state index < -0.39 is 0 Å². The van der Waals surface area contributed by atoms with E-state index in [1.165, 1.54) is 0 Å². The molecule has 1 atom stereocenters. The van der Waals surface area contributed by atoms with Crippen LogP contribution in [-0.4, -0.2) is 42.3 Å². The van der Waals surface area contributed by atoms with Crippen molar-refractivity contribution in [1.82, 2.24) is 24.5 Å². The molecule has 0 fully saturated rings. The smallest absolute Gasteiger partial charge is 0.241 e. The lowest BCUT2D eigenvalue weighted by molar-refractivity contribution is 0.248. The number of nitrogen functional groups attached to an aromatic ring is 1. The van der Waals surface area contributed by atoms with E-state index in [0.29, 0.717) is 11.9 Å². The largest absolute Gasteiger partial charge is 0.394 e. The number of nitrogens with one attached hydrogen (secondary N) is 1. The van der Waals surface area contributed by atoms with Gasteiger partial charge in [-0.1, -0.05) is 13.8 Å². The molecule has 102 valence electrons. The average molecular weight is 263 g/mol. The van der Waals surface area contributed by atoms with Crippen molar-refractivity contribution in [2.24, 2.45) is 5.92 Å². The zero-order valence-corrected chi connectivity index (χ0v) is 10.9. The third kappa shape index (κ3) is 3.16. The van der Waals surface area contributed by atoms with Crippen molar-refractivity contribution in [3.8, 4) is 5.95 Å². The quantitative estimate of drug-likeness (QED) is 0.699. The predicted octanol–water partition coefficient (Wildman–Crippen LogP) is 0.0683. The highest BCUT2D eigenvalue weighted by atomic mass is 16.3. The molecule has 2 rings (SSSR count). The summed E-state index contributed by atoms with van der Waals surface area (Å²) in [7, 11) is 0. The van der Waals surface area contributed by atoms with E-state index in [4.69, 9.17) is 5.73 Å². The molecule has 19 heavy (non-hydrogen) atoms. The van der Waals surface area contributed by atoms with E-state index >= 15 is 0 Å². The monoisotopic (exact) mass is 263 g/mol. The first kappa shape index (κ1) is 13.2. The van der Waals surface area contributed by atoms with Crippen LogP contribution in [0.1, 0.15) is 13.8 Å². The molecular weight excluding hydrogens is 246 g/mol. The van der Waals surface area contributed by atoms with Crippen LogP contribution in [0.4, 0.5) is 11.9 Å². The molecule has 0 amide bonds. The molecule has 0 aromatic carbocycles. The average Bonchev–Trinajstić information content (AvgIpc) is 2.88. The molecule has 4 N–H and O–H groups in total. The molecule has 0 aliphatic rings. The third-order valence-electron chi connectivity index (χ3n) is 2.69. The highest BCUT2D eigenvalue weighted by molar-refractivity contribution is 5.36. The van der Waals surface area contributed by atoms with Gasteiger partial charge in [-0.05, 0) is 5.92 Å². The van der Waals surface area contributed by atoms with E-state index in [0.717, 1.165) is 0 Å². The lowest BCUT2D eigenvalue weighted by atomic mass is 10.1.